The molecule has 0 bridgehead atoms. The van der Waals surface area contributed by atoms with Crippen molar-refractivity contribution in [3.05, 3.63) is 35.4 Å². The molecule has 2 fully saturated rings. The lowest BCUT2D eigenvalue weighted by molar-refractivity contribution is -0.136. The third kappa shape index (κ3) is 4.24. The normalized spacial score (nSPS) is 23.7. The highest BCUT2D eigenvalue weighted by atomic mass is 16.2. The van der Waals surface area contributed by atoms with Crippen molar-refractivity contribution in [2.24, 2.45) is 0 Å². The molecule has 0 radical (unpaired) electrons. The van der Waals surface area contributed by atoms with E-state index in [0.717, 1.165) is 51.1 Å². The fourth-order valence-electron chi connectivity index (χ4n) is 3.98. The number of nitrogens with one attached hydrogen (secondary N) is 1. The predicted molar refractivity (Wildman–Crippen MR) is 103 cm³/mol. The fourth-order valence-corrected chi connectivity index (χ4v) is 3.98. The minimum atomic E-state index is -0.142. The molecule has 2 aliphatic heterocycles. The molecule has 25 heavy (non-hydrogen) atoms. The third-order valence-corrected chi connectivity index (χ3v) is 5.51. The molecule has 138 valence electrons. The molecule has 4 nitrogen and oxygen atoms in total. The van der Waals surface area contributed by atoms with Crippen LogP contribution >= 0.6 is 0 Å². The second-order valence-electron chi connectivity index (χ2n) is 8.66. The van der Waals surface area contributed by atoms with Gasteiger partial charge in [-0.05, 0) is 36.3 Å². The quantitative estimate of drug-likeness (QED) is 0.916. The number of carbonyl (C=O) groups is 1. The molecule has 2 aliphatic rings. The van der Waals surface area contributed by atoms with Crippen LogP contribution in [0.15, 0.2) is 24.3 Å². The van der Waals surface area contributed by atoms with Gasteiger partial charge in [-0.3, -0.25) is 9.69 Å². The maximum atomic E-state index is 13.3. The summed E-state index contributed by atoms with van der Waals surface area (Å²) in [7, 11) is 0. The first kappa shape index (κ1) is 18.4. The topological polar surface area (TPSA) is 35.6 Å². The summed E-state index contributed by atoms with van der Waals surface area (Å²) in [6.07, 6.45) is 2.28. The first-order valence-corrected chi connectivity index (χ1v) is 9.73. The average molecular weight is 344 g/mol. The standard InChI is InChI=1S/C21H33N3O/c1-16-15-24(14-11-22-16)19(20(25)23-12-5-6-13-23)17-7-9-18(10-8-17)21(2,3)4/h7-10,16,19,22H,5-6,11-15H2,1-4H3. The molecule has 1 N–H and O–H groups in total. The number of carbonyl (C=O) groups excluding carboxylic acids is 1. The van der Waals surface area contributed by atoms with E-state index in [1.807, 2.05) is 0 Å². The van der Waals surface area contributed by atoms with Gasteiger partial charge in [0.1, 0.15) is 6.04 Å². The molecule has 3 rings (SSSR count). The molecule has 2 unspecified atom stereocenters. The molecule has 0 aromatic heterocycles. The maximum Gasteiger partial charge on any atom is 0.244 e. The third-order valence-electron chi connectivity index (χ3n) is 5.51. The Labute approximate surface area is 152 Å². The van der Waals surface area contributed by atoms with E-state index in [4.69, 9.17) is 0 Å². The zero-order chi connectivity index (χ0) is 18.0. The van der Waals surface area contributed by atoms with Crippen molar-refractivity contribution in [2.45, 2.75) is 58.0 Å². The van der Waals surface area contributed by atoms with Crippen LogP contribution < -0.4 is 5.32 Å². The Bertz CT molecular complexity index is 584. The summed E-state index contributed by atoms with van der Waals surface area (Å²) >= 11 is 0. The van der Waals surface area contributed by atoms with Gasteiger partial charge in [0.15, 0.2) is 0 Å². The first-order chi connectivity index (χ1) is 11.9. The van der Waals surface area contributed by atoms with Gasteiger partial charge in [0, 0.05) is 38.8 Å². The van der Waals surface area contributed by atoms with Gasteiger partial charge in [0.2, 0.25) is 5.91 Å². The highest BCUT2D eigenvalue weighted by molar-refractivity contribution is 5.83. The Balaban J connectivity index is 1.88. The Morgan fingerprint density at radius 1 is 1.12 bits per heavy atom. The maximum absolute atomic E-state index is 13.3. The number of nitrogens with zero attached hydrogens (tertiary/aromatic N) is 2. The number of likely N-dealkylation sites (tertiary alicyclic amines) is 1. The molecule has 1 aromatic carbocycles. The summed E-state index contributed by atoms with van der Waals surface area (Å²) < 4.78 is 0. The number of rotatable bonds is 3. The van der Waals surface area contributed by atoms with E-state index in [9.17, 15) is 4.79 Å². The smallest absolute Gasteiger partial charge is 0.244 e. The van der Waals surface area contributed by atoms with Crippen LogP contribution in [0.25, 0.3) is 0 Å². The van der Waals surface area contributed by atoms with E-state index in [0.29, 0.717) is 6.04 Å². The van der Waals surface area contributed by atoms with Crippen LogP contribution in [0.5, 0.6) is 0 Å². The zero-order valence-electron chi connectivity index (χ0n) is 16.2. The minimum Gasteiger partial charge on any atom is -0.341 e. The molecule has 4 heteroatoms. The first-order valence-electron chi connectivity index (χ1n) is 9.73. The van der Waals surface area contributed by atoms with Crippen molar-refractivity contribution in [3.63, 3.8) is 0 Å². The van der Waals surface area contributed by atoms with Gasteiger partial charge in [-0.25, -0.2) is 0 Å². The monoisotopic (exact) mass is 343 g/mol. The largest absolute Gasteiger partial charge is 0.341 e. The van der Waals surface area contributed by atoms with Gasteiger partial charge in [0.05, 0.1) is 0 Å². The number of hydrogen-bond donors (Lipinski definition) is 1. The van der Waals surface area contributed by atoms with E-state index in [1.54, 1.807) is 0 Å². The molecule has 2 saturated heterocycles. The van der Waals surface area contributed by atoms with Crippen LogP contribution in [0.1, 0.15) is 57.7 Å². The van der Waals surface area contributed by atoms with Crippen molar-refractivity contribution in [3.8, 4) is 0 Å². The molecule has 2 atom stereocenters. The van der Waals surface area contributed by atoms with Crippen molar-refractivity contribution in [1.82, 2.24) is 15.1 Å². The van der Waals surface area contributed by atoms with Crippen LogP contribution in [0, 0.1) is 0 Å². The van der Waals surface area contributed by atoms with Gasteiger partial charge >= 0.3 is 0 Å². The van der Waals surface area contributed by atoms with E-state index in [2.05, 4.69) is 67.1 Å². The average Bonchev–Trinajstić information content (AvgIpc) is 3.09. The van der Waals surface area contributed by atoms with Crippen molar-refractivity contribution >= 4 is 5.91 Å². The molecule has 0 saturated carbocycles. The fraction of sp³-hybridized carbons (Fsp3) is 0.667. The second-order valence-corrected chi connectivity index (χ2v) is 8.66. The number of benzene rings is 1. The van der Waals surface area contributed by atoms with Crippen LogP contribution in [-0.4, -0.2) is 54.5 Å². The summed E-state index contributed by atoms with van der Waals surface area (Å²) in [4.78, 5) is 17.7. The molecule has 1 aromatic rings. The lowest BCUT2D eigenvalue weighted by atomic mass is 9.86. The summed E-state index contributed by atoms with van der Waals surface area (Å²) in [5.74, 6) is 0.287. The van der Waals surface area contributed by atoms with Crippen molar-refractivity contribution in [1.29, 1.82) is 0 Å². The minimum absolute atomic E-state index is 0.135. The molecular weight excluding hydrogens is 310 g/mol. The van der Waals surface area contributed by atoms with E-state index in [-0.39, 0.29) is 17.4 Å². The van der Waals surface area contributed by atoms with Crippen molar-refractivity contribution < 1.29 is 4.79 Å². The molecule has 0 aliphatic carbocycles. The molecule has 1 amide bonds. The van der Waals surface area contributed by atoms with Gasteiger partial charge in [-0.15, -0.1) is 0 Å². The lowest BCUT2D eigenvalue weighted by Gasteiger charge is -2.38. The Morgan fingerprint density at radius 3 is 2.32 bits per heavy atom. The van der Waals surface area contributed by atoms with E-state index < -0.39 is 0 Å². The van der Waals surface area contributed by atoms with Gasteiger partial charge in [-0.1, -0.05) is 45.0 Å². The Morgan fingerprint density at radius 2 is 1.76 bits per heavy atom. The van der Waals surface area contributed by atoms with Crippen LogP contribution in [0.3, 0.4) is 0 Å². The molecule has 0 spiro atoms. The highest BCUT2D eigenvalue weighted by Crippen LogP contribution is 2.29. The summed E-state index contributed by atoms with van der Waals surface area (Å²) in [5.41, 5.74) is 2.59. The Kier molecular flexibility index (Phi) is 5.49. The molecular formula is C21H33N3O. The van der Waals surface area contributed by atoms with Crippen molar-refractivity contribution in [2.75, 3.05) is 32.7 Å². The van der Waals surface area contributed by atoms with Crippen LogP contribution in [0.2, 0.25) is 0 Å². The molecule has 2 heterocycles. The Hall–Kier alpha value is -1.39. The van der Waals surface area contributed by atoms with E-state index in [1.165, 1.54) is 5.56 Å². The van der Waals surface area contributed by atoms with Crippen LogP contribution in [0.4, 0.5) is 0 Å². The SMILES string of the molecule is CC1CN(C(C(=O)N2CCCC2)c2ccc(C(C)(C)C)cc2)CCN1. The lowest BCUT2D eigenvalue weighted by Crippen LogP contribution is -2.53. The second kappa shape index (κ2) is 7.46. The van der Waals surface area contributed by atoms with Gasteiger partial charge in [-0.2, -0.15) is 0 Å². The highest BCUT2D eigenvalue weighted by Gasteiger charge is 2.34. The zero-order valence-corrected chi connectivity index (χ0v) is 16.2. The van der Waals surface area contributed by atoms with Gasteiger partial charge in [0.25, 0.3) is 0 Å². The number of amides is 1. The van der Waals surface area contributed by atoms with Gasteiger partial charge < -0.3 is 10.2 Å². The van der Waals surface area contributed by atoms with Crippen LogP contribution in [-0.2, 0) is 10.2 Å². The number of piperazine rings is 1. The van der Waals surface area contributed by atoms with E-state index >= 15 is 0 Å². The number of hydrogen-bond acceptors (Lipinski definition) is 3. The summed E-state index contributed by atoms with van der Waals surface area (Å²) in [6.45, 7) is 13.5. The summed E-state index contributed by atoms with van der Waals surface area (Å²) in [6, 6.07) is 9.03. The summed E-state index contributed by atoms with van der Waals surface area (Å²) in [5, 5.41) is 3.49. The predicted octanol–water partition coefficient (Wildman–Crippen LogP) is 2.94.